The molecule has 0 bridgehead atoms. The number of anilines is 1. The molecule has 2 aromatic carbocycles. The summed E-state index contributed by atoms with van der Waals surface area (Å²) in [6.07, 6.45) is -0.00692. The molecule has 0 saturated carbocycles. The number of likely N-dealkylation sites (N-methyl/N-ethyl adjacent to an activating group) is 1. The number of amidine groups is 1. The van der Waals surface area contributed by atoms with E-state index in [2.05, 4.69) is 0 Å². The Morgan fingerprint density at radius 1 is 1.10 bits per heavy atom. The fraction of sp³-hybridized carbons (Fsp3) is 0.367. The van der Waals surface area contributed by atoms with Gasteiger partial charge in [-0.1, -0.05) is 24.3 Å². The van der Waals surface area contributed by atoms with Gasteiger partial charge >= 0.3 is 5.97 Å². The van der Waals surface area contributed by atoms with E-state index in [0.717, 1.165) is 11.3 Å². The van der Waals surface area contributed by atoms with Crippen molar-refractivity contribution in [3.05, 3.63) is 64.9 Å². The predicted molar refractivity (Wildman–Crippen MR) is 146 cm³/mol. The molecule has 12 heteroatoms. The van der Waals surface area contributed by atoms with Crippen LogP contribution in [0.4, 0.5) is 5.69 Å². The van der Waals surface area contributed by atoms with E-state index in [1.54, 1.807) is 18.2 Å². The Morgan fingerprint density at radius 3 is 2.67 bits per heavy atom. The first-order valence-electron chi connectivity index (χ1n) is 13.7. The van der Waals surface area contributed by atoms with Crippen molar-refractivity contribution < 1.29 is 38.5 Å². The van der Waals surface area contributed by atoms with Gasteiger partial charge in [-0.05, 0) is 35.7 Å². The Balaban J connectivity index is 1.32. The number of fused-ring (bicyclic) bond motifs is 3. The van der Waals surface area contributed by atoms with E-state index in [4.69, 9.17) is 19.2 Å². The highest BCUT2D eigenvalue weighted by molar-refractivity contribution is 6.24. The minimum atomic E-state index is -0.969. The summed E-state index contributed by atoms with van der Waals surface area (Å²) in [5, 5.41) is 10.4. The number of ether oxygens (including phenoxy) is 3. The van der Waals surface area contributed by atoms with Crippen LogP contribution in [0.2, 0.25) is 0 Å². The number of likely N-dealkylation sites (tertiary alicyclic amines) is 1. The third-order valence-electron chi connectivity index (χ3n) is 8.87. The van der Waals surface area contributed by atoms with Crippen LogP contribution in [0.1, 0.15) is 30.4 Å². The molecule has 42 heavy (non-hydrogen) atoms. The number of amides is 3. The molecule has 3 amide bonds. The zero-order valence-corrected chi connectivity index (χ0v) is 23.0. The van der Waals surface area contributed by atoms with Crippen molar-refractivity contribution >= 4 is 35.2 Å². The average Bonchev–Trinajstić information content (AvgIpc) is 3.73. The highest BCUT2D eigenvalue weighted by Gasteiger charge is 2.67. The van der Waals surface area contributed by atoms with Crippen LogP contribution in [0, 0.1) is 0 Å². The molecule has 2 aromatic rings. The predicted octanol–water partition coefficient (Wildman–Crippen LogP) is 1.25. The van der Waals surface area contributed by atoms with Gasteiger partial charge in [0.2, 0.25) is 12.7 Å². The molecule has 1 saturated heterocycles. The number of aliphatic hydroxyl groups excluding tert-OH is 1. The number of nitrogens with zero attached hydrogens (tertiary/aromatic N) is 4. The largest absolute Gasteiger partial charge is 0.469 e. The summed E-state index contributed by atoms with van der Waals surface area (Å²) in [7, 11) is 3.11. The molecule has 3 atom stereocenters. The number of benzene rings is 2. The molecule has 7 rings (SSSR count). The topological polar surface area (TPSA) is 138 Å². The molecular weight excluding hydrogens is 544 g/mol. The minimum Gasteiger partial charge on any atom is -0.469 e. The Hall–Kier alpha value is -4.71. The van der Waals surface area contributed by atoms with Gasteiger partial charge in [-0.15, -0.1) is 0 Å². The lowest BCUT2D eigenvalue weighted by Crippen LogP contribution is -2.54. The molecule has 1 N–H and O–H groups in total. The average molecular weight is 573 g/mol. The smallest absolute Gasteiger partial charge is 0.306 e. The molecule has 1 fully saturated rings. The number of carbonyl (C=O) groups excluding carboxylic acids is 4. The number of esters is 1. The van der Waals surface area contributed by atoms with E-state index in [9.17, 15) is 24.3 Å². The van der Waals surface area contributed by atoms with Crippen LogP contribution in [-0.4, -0.2) is 84.1 Å². The molecule has 0 aromatic heterocycles. The van der Waals surface area contributed by atoms with Gasteiger partial charge in [0.1, 0.15) is 11.5 Å². The molecule has 1 unspecified atom stereocenters. The zero-order valence-electron chi connectivity index (χ0n) is 23.0. The van der Waals surface area contributed by atoms with Gasteiger partial charge in [0, 0.05) is 19.2 Å². The summed E-state index contributed by atoms with van der Waals surface area (Å²) < 4.78 is 15.6. The van der Waals surface area contributed by atoms with Crippen LogP contribution in [0.15, 0.2) is 58.7 Å². The number of methoxy groups -OCH3 is 1. The number of carbonyl (C=O) groups is 4. The molecule has 5 heterocycles. The van der Waals surface area contributed by atoms with Gasteiger partial charge in [-0.3, -0.25) is 29.0 Å². The lowest BCUT2D eigenvalue weighted by molar-refractivity contribution is -0.143. The Kier molecular flexibility index (Phi) is 5.87. The van der Waals surface area contributed by atoms with Crippen molar-refractivity contribution in [3.63, 3.8) is 0 Å². The monoisotopic (exact) mass is 572 g/mol. The quantitative estimate of drug-likeness (QED) is 0.400. The van der Waals surface area contributed by atoms with Crippen LogP contribution < -0.4 is 14.4 Å². The van der Waals surface area contributed by atoms with Gasteiger partial charge in [-0.25, -0.2) is 4.99 Å². The second-order valence-electron chi connectivity index (χ2n) is 11.0. The minimum absolute atomic E-state index is 0.00355. The summed E-state index contributed by atoms with van der Waals surface area (Å²) in [6, 6.07) is 11.6. The first-order chi connectivity index (χ1) is 20.3. The Bertz CT molecular complexity index is 1630. The van der Waals surface area contributed by atoms with Crippen molar-refractivity contribution in [2.75, 3.05) is 32.5 Å². The van der Waals surface area contributed by atoms with Crippen LogP contribution in [-0.2, 0) is 35.9 Å². The lowest BCUT2D eigenvalue weighted by atomic mass is 9.70. The number of imide groups is 1. The molecule has 12 nitrogen and oxygen atoms in total. The third-order valence-corrected chi connectivity index (χ3v) is 8.87. The standard InChI is InChI=1S/C30H28N4O8/c1-32-19-6-4-3-5-18(19)30-12-17(14-35)34(22(36)9-10-23(37)40-2)29(30)31-25-24(26(30)32)27(38)33(28(25)39)13-16-7-8-20-21(11-16)42-15-41-20/h3-8,11,17,26,35H,9-10,12-15H2,1-2H3/t17-,26?,30-/m0/s1. The third kappa shape index (κ3) is 3.47. The van der Waals surface area contributed by atoms with E-state index >= 15 is 0 Å². The molecule has 5 aliphatic heterocycles. The van der Waals surface area contributed by atoms with Gasteiger partial charge in [-0.2, -0.15) is 0 Å². The van der Waals surface area contributed by atoms with Crippen molar-refractivity contribution in [2.45, 2.75) is 43.3 Å². The summed E-state index contributed by atoms with van der Waals surface area (Å²) in [6.45, 7) is -0.246. The van der Waals surface area contributed by atoms with E-state index in [0.29, 0.717) is 29.3 Å². The fourth-order valence-corrected chi connectivity index (χ4v) is 7.08. The summed E-state index contributed by atoms with van der Waals surface area (Å²) >= 11 is 0. The highest BCUT2D eigenvalue weighted by atomic mass is 16.7. The maximum atomic E-state index is 14.1. The fourth-order valence-electron chi connectivity index (χ4n) is 7.08. The van der Waals surface area contributed by atoms with Crippen LogP contribution in [0.25, 0.3) is 0 Å². The highest BCUT2D eigenvalue weighted by Crippen LogP contribution is 2.58. The van der Waals surface area contributed by atoms with Crippen molar-refractivity contribution in [2.24, 2.45) is 4.99 Å². The van der Waals surface area contributed by atoms with Gasteiger partial charge in [0.25, 0.3) is 11.8 Å². The SMILES string of the molecule is COC(=O)CCC(=O)N1C2=NC3=C(C(=O)N(Cc4ccc5c(c4)OCO5)C3=O)C3N(C)c4ccccc4[C@]23C[C@H]1CO. The number of aliphatic hydroxyl groups is 1. The Labute approximate surface area is 240 Å². The summed E-state index contributed by atoms with van der Waals surface area (Å²) in [4.78, 5) is 62.8. The summed E-state index contributed by atoms with van der Waals surface area (Å²) in [5.74, 6) is -0.518. The molecule has 0 radical (unpaired) electrons. The van der Waals surface area contributed by atoms with E-state index < -0.39 is 41.2 Å². The van der Waals surface area contributed by atoms with E-state index in [1.807, 2.05) is 36.2 Å². The molecule has 5 aliphatic rings. The maximum Gasteiger partial charge on any atom is 0.306 e. The molecular formula is C30H28N4O8. The van der Waals surface area contributed by atoms with Crippen LogP contribution in [0.3, 0.4) is 0 Å². The van der Waals surface area contributed by atoms with Gasteiger partial charge in [0.15, 0.2) is 11.5 Å². The molecule has 216 valence electrons. The van der Waals surface area contributed by atoms with Crippen molar-refractivity contribution in [1.82, 2.24) is 9.80 Å². The van der Waals surface area contributed by atoms with E-state index in [1.165, 1.54) is 16.9 Å². The number of para-hydroxylation sites is 1. The van der Waals surface area contributed by atoms with E-state index in [-0.39, 0.29) is 44.1 Å². The van der Waals surface area contributed by atoms with Crippen LogP contribution in [0.5, 0.6) is 11.5 Å². The van der Waals surface area contributed by atoms with Crippen LogP contribution >= 0.6 is 0 Å². The number of aliphatic imine (C=N–C) groups is 1. The van der Waals surface area contributed by atoms with Crippen molar-refractivity contribution in [3.8, 4) is 11.5 Å². The molecule has 0 aliphatic carbocycles. The first-order valence-corrected chi connectivity index (χ1v) is 13.7. The second kappa shape index (κ2) is 9.41. The Morgan fingerprint density at radius 2 is 1.88 bits per heavy atom. The van der Waals surface area contributed by atoms with Gasteiger partial charge < -0.3 is 24.2 Å². The lowest BCUT2D eigenvalue weighted by Gasteiger charge is -2.38. The first kappa shape index (κ1) is 26.2. The molecule has 1 spiro atoms. The number of hydrogen-bond acceptors (Lipinski definition) is 10. The van der Waals surface area contributed by atoms with Gasteiger partial charge in [0.05, 0.1) is 49.8 Å². The summed E-state index contributed by atoms with van der Waals surface area (Å²) in [5.41, 5.74) is 1.68. The zero-order chi connectivity index (χ0) is 29.3. The maximum absolute atomic E-state index is 14.1. The normalized spacial score (nSPS) is 24.9. The van der Waals surface area contributed by atoms with Crippen molar-refractivity contribution in [1.29, 1.82) is 0 Å². The second-order valence-corrected chi connectivity index (χ2v) is 11.0. The number of hydrogen-bond donors (Lipinski definition) is 1. The number of rotatable bonds is 6.